The number of methoxy groups -OCH3 is 1. The van der Waals surface area contributed by atoms with Crippen molar-refractivity contribution >= 4 is 27.2 Å². The molecule has 1 aliphatic carbocycles. The zero-order chi connectivity index (χ0) is 14.8. The predicted octanol–water partition coefficient (Wildman–Crippen LogP) is 1.17. The molecular weight excluding hydrogens is 296 g/mol. The average molecular weight is 314 g/mol. The molecule has 0 saturated heterocycles. The molecule has 2 atom stereocenters. The molecule has 0 radical (unpaired) electrons. The Morgan fingerprint density at radius 1 is 1.35 bits per heavy atom. The van der Waals surface area contributed by atoms with Gasteiger partial charge in [0, 0.05) is 18.7 Å². The number of sulfonamides is 1. The third kappa shape index (κ3) is 3.54. The summed E-state index contributed by atoms with van der Waals surface area (Å²) in [5.41, 5.74) is 6.14. The normalized spacial score (nSPS) is 22.9. The summed E-state index contributed by atoms with van der Waals surface area (Å²) in [5, 5.41) is 0. The van der Waals surface area contributed by atoms with Crippen molar-refractivity contribution in [2.45, 2.75) is 36.3 Å². The van der Waals surface area contributed by atoms with Crippen molar-refractivity contribution in [2.75, 3.05) is 7.11 Å². The van der Waals surface area contributed by atoms with Gasteiger partial charge in [0.1, 0.15) is 4.99 Å². The first-order valence-electron chi connectivity index (χ1n) is 6.37. The average Bonchev–Trinajstić information content (AvgIpc) is 2.85. The fraction of sp³-hybridized carbons (Fsp3) is 0.462. The second-order valence-corrected chi connectivity index (χ2v) is 7.03. The van der Waals surface area contributed by atoms with Gasteiger partial charge in [0.25, 0.3) is 0 Å². The quantitative estimate of drug-likeness (QED) is 0.797. The van der Waals surface area contributed by atoms with Crippen molar-refractivity contribution in [2.24, 2.45) is 5.73 Å². The fourth-order valence-corrected chi connectivity index (χ4v) is 3.77. The molecule has 1 fully saturated rings. The molecule has 2 rings (SSSR count). The molecule has 2 unspecified atom stereocenters. The lowest BCUT2D eigenvalue weighted by molar-refractivity contribution is 0.107. The van der Waals surface area contributed by atoms with Gasteiger partial charge in [-0.05, 0) is 31.4 Å². The van der Waals surface area contributed by atoms with Crippen LogP contribution in [0.25, 0.3) is 0 Å². The van der Waals surface area contributed by atoms with Crippen LogP contribution in [0.3, 0.4) is 0 Å². The zero-order valence-electron chi connectivity index (χ0n) is 11.2. The number of hydrogen-bond acceptors (Lipinski definition) is 4. The number of hydrogen-bond donors (Lipinski definition) is 2. The van der Waals surface area contributed by atoms with Gasteiger partial charge in [-0.2, -0.15) is 0 Å². The first kappa shape index (κ1) is 15.4. The van der Waals surface area contributed by atoms with E-state index in [0.29, 0.717) is 12.0 Å². The minimum absolute atomic E-state index is 0.0692. The summed E-state index contributed by atoms with van der Waals surface area (Å²) in [6.45, 7) is 0. The first-order chi connectivity index (χ1) is 9.42. The highest BCUT2D eigenvalue weighted by molar-refractivity contribution is 7.89. The Labute approximate surface area is 124 Å². The molecule has 0 amide bonds. The fourth-order valence-electron chi connectivity index (χ4n) is 2.35. The lowest BCUT2D eigenvalue weighted by atomic mass is 10.2. The van der Waals surface area contributed by atoms with E-state index in [9.17, 15) is 8.42 Å². The number of thiocarbonyl (C=S) groups is 1. The van der Waals surface area contributed by atoms with E-state index in [1.165, 1.54) is 12.1 Å². The minimum atomic E-state index is -3.51. The number of benzene rings is 1. The maximum atomic E-state index is 12.2. The van der Waals surface area contributed by atoms with Gasteiger partial charge in [-0.3, -0.25) is 0 Å². The van der Waals surface area contributed by atoms with Crippen molar-refractivity contribution in [3.05, 3.63) is 29.8 Å². The third-order valence-electron chi connectivity index (χ3n) is 3.49. The summed E-state index contributed by atoms with van der Waals surface area (Å²) < 4.78 is 32.4. The number of nitrogens with one attached hydrogen (secondary N) is 1. The van der Waals surface area contributed by atoms with E-state index in [1.807, 2.05) is 0 Å². The second kappa shape index (κ2) is 6.17. The topological polar surface area (TPSA) is 81.4 Å². The van der Waals surface area contributed by atoms with E-state index >= 15 is 0 Å². The number of nitrogens with two attached hydrogens (primary N) is 1. The molecule has 0 aromatic heterocycles. The van der Waals surface area contributed by atoms with Gasteiger partial charge in [0.05, 0.1) is 11.0 Å². The Hall–Kier alpha value is -1.02. The van der Waals surface area contributed by atoms with Crippen LogP contribution in [0.1, 0.15) is 24.8 Å². The molecule has 1 aromatic carbocycles. The smallest absolute Gasteiger partial charge is 0.240 e. The summed E-state index contributed by atoms with van der Waals surface area (Å²) in [7, 11) is -1.86. The zero-order valence-corrected chi connectivity index (χ0v) is 12.8. The van der Waals surface area contributed by atoms with Crippen LogP contribution in [0.4, 0.5) is 0 Å². The molecule has 1 aliphatic rings. The van der Waals surface area contributed by atoms with Crippen LogP contribution in [-0.2, 0) is 14.8 Å². The summed E-state index contributed by atoms with van der Waals surface area (Å²) in [6.07, 6.45) is 2.52. The van der Waals surface area contributed by atoms with Crippen LogP contribution in [0.2, 0.25) is 0 Å². The van der Waals surface area contributed by atoms with E-state index in [2.05, 4.69) is 4.72 Å². The van der Waals surface area contributed by atoms with Crippen molar-refractivity contribution in [1.29, 1.82) is 0 Å². The summed E-state index contributed by atoms with van der Waals surface area (Å²) in [4.78, 5) is 0.471. The van der Waals surface area contributed by atoms with Crippen molar-refractivity contribution in [3.63, 3.8) is 0 Å². The molecule has 0 heterocycles. The Bertz CT molecular complexity index is 584. The van der Waals surface area contributed by atoms with Gasteiger partial charge in [-0.15, -0.1) is 0 Å². The molecule has 0 spiro atoms. The molecule has 110 valence electrons. The van der Waals surface area contributed by atoms with Gasteiger partial charge in [-0.1, -0.05) is 24.4 Å². The van der Waals surface area contributed by atoms with Crippen LogP contribution in [0.15, 0.2) is 29.2 Å². The van der Waals surface area contributed by atoms with Crippen molar-refractivity contribution in [1.82, 2.24) is 4.72 Å². The maximum Gasteiger partial charge on any atom is 0.240 e. The number of ether oxygens (including phenoxy) is 1. The highest BCUT2D eigenvalue weighted by Gasteiger charge is 2.28. The van der Waals surface area contributed by atoms with Gasteiger partial charge in [0.2, 0.25) is 10.0 Å². The highest BCUT2D eigenvalue weighted by Crippen LogP contribution is 2.23. The van der Waals surface area contributed by atoms with Gasteiger partial charge in [-0.25, -0.2) is 13.1 Å². The summed E-state index contributed by atoms with van der Waals surface area (Å²) >= 11 is 4.84. The molecule has 3 N–H and O–H groups in total. The largest absolute Gasteiger partial charge is 0.389 e. The SMILES string of the molecule is COC1CCC(NS(=O)(=O)c2ccc(C(N)=S)cc2)C1. The Balaban J connectivity index is 2.08. The molecule has 0 bridgehead atoms. The van der Waals surface area contributed by atoms with Crippen LogP contribution in [-0.4, -0.2) is 32.7 Å². The second-order valence-electron chi connectivity index (χ2n) is 4.88. The lowest BCUT2D eigenvalue weighted by Crippen LogP contribution is -2.33. The molecule has 7 heteroatoms. The highest BCUT2D eigenvalue weighted by atomic mass is 32.2. The predicted molar refractivity (Wildman–Crippen MR) is 81.1 cm³/mol. The van der Waals surface area contributed by atoms with Gasteiger partial charge < -0.3 is 10.5 Å². The van der Waals surface area contributed by atoms with Crippen LogP contribution >= 0.6 is 12.2 Å². The molecule has 1 saturated carbocycles. The number of rotatable bonds is 5. The standard InChI is InChI=1S/C13H18N2O3S2/c1-18-11-5-4-10(8-11)15-20(16,17)12-6-2-9(3-7-12)13(14)19/h2-3,6-7,10-11,15H,4-5,8H2,1H3,(H2,14,19). The lowest BCUT2D eigenvalue weighted by Gasteiger charge is -2.13. The van der Waals surface area contributed by atoms with Crippen molar-refractivity contribution < 1.29 is 13.2 Å². The Kier molecular flexibility index (Phi) is 4.74. The summed E-state index contributed by atoms with van der Waals surface area (Å²) in [5.74, 6) is 0. The Morgan fingerprint density at radius 2 is 2.00 bits per heavy atom. The van der Waals surface area contributed by atoms with Crippen LogP contribution in [0.5, 0.6) is 0 Å². The van der Waals surface area contributed by atoms with E-state index in [0.717, 1.165) is 12.8 Å². The van der Waals surface area contributed by atoms with E-state index < -0.39 is 10.0 Å². The molecule has 20 heavy (non-hydrogen) atoms. The van der Waals surface area contributed by atoms with E-state index in [1.54, 1.807) is 19.2 Å². The van der Waals surface area contributed by atoms with E-state index in [4.69, 9.17) is 22.7 Å². The van der Waals surface area contributed by atoms with Gasteiger partial charge >= 0.3 is 0 Å². The molecule has 1 aromatic rings. The van der Waals surface area contributed by atoms with Crippen LogP contribution in [0, 0.1) is 0 Å². The Morgan fingerprint density at radius 3 is 2.50 bits per heavy atom. The van der Waals surface area contributed by atoms with Crippen LogP contribution < -0.4 is 10.5 Å². The van der Waals surface area contributed by atoms with Gasteiger partial charge in [0.15, 0.2) is 0 Å². The third-order valence-corrected chi connectivity index (χ3v) is 5.26. The molecule has 5 nitrogen and oxygen atoms in total. The maximum absolute atomic E-state index is 12.2. The van der Waals surface area contributed by atoms with E-state index in [-0.39, 0.29) is 22.0 Å². The first-order valence-corrected chi connectivity index (χ1v) is 8.26. The van der Waals surface area contributed by atoms with Crippen molar-refractivity contribution in [3.8, 4) is 0 Å². The summed E-state index contributed by atoms with van der Waals surface area (Å²) in [6, 6.07) is 6.19. The monoisotopic (exact) mass is 314 g/mol. The molecular formula is C13H18N2O3S2. The minimum Gasteiger partial charge on any atom is -0.389 e. The molecule has 0 aliphatic heterocycles.